The Balaban J connectivity index is 2.13. The molecule has 1 atom stereocenters. The molecule has 0 radical (unpaired) electrons. The standard InChI is InChI=1S/C17H16N2O3/c1-10-6-15-14(9-17(20)18-16(15)7-11(10)2)12-4-3-5-13(8-12)19(21)22/h3-8,14H,9H2,1-2H3,(H,18,20)/t14-/m1/s1. The second kappa shape index (κ2) is 5.26. The van der Waals surface area contributed by atoms with Gasteiger partial charge in [-0.1, -0.05) is 18.2 Å². The normalized spacial score (nSPS) is 16.8. The Morgan fingerprint density at radius 3 is 2.64 bits per heavy atom. The average Bonchev–Trinajstić information content (AvgIpc) is 2.48. The number of non-ortho nitro benzene ring substituents is 1. The Bertz CT molecular complexity index is 783. The van der Waals surface area contributed by atoms with Crippen LogP contribution in [0.25, 0.3) is 0 Å². The van der Waals surface area contributed by atoms with E-state index in [0.717, 1.165) is 27.9 Å². The van der Waals surface area contributed by atoms with Crippen LogP contribution < -0.4 is 5.32 Å². The van der Waals surface area contributed by atoms with Crippen LogP contribution in [0.15, 0.2) is 36.4 Å². The Kier molecular flexibility index (Phi) is 3.41. The zero-order valence-electron chi connectivity index (χ0n) is 12.4. The van der Waals surface area contributed by atoms with Crippen molar-refractivity contribution in [1.82, 2.24) is 0 Å². The van der Waals surface area contributed by atoms with Gasteiger partial charge in [0, 0.05) is 30.2 Å². The molecule has 22 heavy (non-hydrogen) atoms. The summed E-state index contributed by atoms with van der Waals surface area (Å²) in [6, 6.07) is 10.6. The number of carbonyl (C=O) groups is 1. The number of amides is 1. The largest absolute Gasteiger partial charge is 0.326 e. The SMILES string of the molecule is Cc1cc2c(cc1C)[C@@H](c1cccc([N+](=O)[O-])c1)CC(=O)N2. The van der Waals surface area contributed by atoms with Crippen LogP contribution in [0.1, 0.15) is 34.6 Å². The molecule has 0 saturated heterocycles. The molecule has 0 unspecified atom stereocenters. The first-order chi connectivity index (χ1) is 10.5. The van der Waals surface area contributed by atoms with Crippen molar-refractivity contribution >= 4 is 17.3 Å². The van der Waals surface area contributed by atoms with E-state index in [1.807, 2.05) is 26.0 Å². The zero-order chi connectivity index (χ0) is 15.9. The second-order valence-electron chi connectivity index (χ2n) is 5.68. The van der Waals surface area contributed by atoms with Crippen LogP contribution in [0.4, 0.5) is 11.4 Å². The minimum Gasteiger partial charge on any atom is -0.326 e. The predicted molar refractivity (Wildman–Crippen MR) is 84.1 cm³/mol. The maximum atomic E-state index is 12.0. The van der Waals surface area contributed by atoms with Crippen molar-refractivity contribution in [3.05, 3.63) is 68.8 Å². The van der Waals surface area contributed by atoms with Gasteiger partial charge in [-0.05, 0) is 42.2 Å². The molecule has 1 heterocycles. The van der Waals surface area contributed by atoms with Gasteiger partial charge in [-0.2, -0.15) is 0 Å². The number of nitro groups is 1. The summed E-state index contributed by atoms with van der Waals surface area (Å²) in [7, 11) is 0. The van der Waals surface area contributed by atoms with E-state index in [-0.39, 0.29) is 17.5 Å². The second-order valence-corrected chi connectivity index (χ2v) is 5.68. The number of fused-ring (bicyclic) bond motifs is 1. The molecule has 3 rings (SSSR count). The lowest BCUT2D eigenvalue weighted by molar-refractivity contribution is -0.384. The van der Waals surface area contributed by atoms with E-state index in [2.05, 4.69) is 11.4 Å². The summed E-state index contributed by atoms with van der Waals surface area (Å²) in [5.41, 5.74) is 4.92. The number of nitrogens with one attached hydrogen (secondary N) is 1. The summed E-state index contributed by atoms with van der Waals surface area (Å²) in [5.74, 6) is -0.213. The van der Waals surface area contributed by atoms with E-state index in [1.165, 1.54) is 6.07 Å². The smallest absolute Gasteiger partial charge is 0.269 e. The molecule has 1 aliphatic rings. The number of nitrogens with zero attached hydrogens (tertiary/aromatic N) is 1. The van der Waals surface area contributed by atoms with Gasteiger partial charge < -0.3 is 5.32 Å². The van der Waals surface area contributed by atoms with Gasteiger partial charge in [0.05, 0.1) is 4.92 Å². The Hall–Kier alpha value is -2.69. The molecule has 0 aromatic heterocycles. The van der Waals surface area contributed by atoms with Gasteiger partial charge in [0.15, 0.2) is 0 Å². The van der Waals surface area contributed by atoms with Crippen molar-refractivity contribution < 1.29 is 9.72 Å². The Morgan fingerprint density at radius 2 is 1.91 bits per heavy atom. The van der Waals surface area contributed by atoms with Crippen LogP contribution in [0.2, 0.25) is 0 Å². The number of anilines is 1. The van der Waals surface area contributed by atoms with Crippen molar-refractivity contribution in [2.24, 2.45) is 0 Å². The van der Waals surface area contributed by atoms with E-state index in [1.54, 1.807) is 12.1 Å². The number of carbonyl (C=O) groups excluding carboxylic acids is 1. The van der Waals surface area contributed by atoms with Gasteiger partial charge in [-0.25, -0.2) is 0 Å². The topological polar surface area (TPSA) is 72.2 Å². The van der Waals surface area contributed by atoms with Crippen LogP contribution in [0, 0.1) is 24.0 Å². The van der Waals surface area contributed by atoms with Crippen LogP contribution in [-0.4, -0.2) is 10.8 Å². The summed E-state index contributed by atoms with van der Waals surface area (Å²) >= 11 is 0. The van der Waals surface area contributed by atoms with E-state index in [4.69, 9.17) is 0 Å². The molecular weight excluding hydrogens is 280 g/mol. The van der Waals surface area contributed by atoms with Gasteiger partial charge in [-0.3, -0.25) is 14.9 Å². The molecule has 0 bridgehead atoms. The van der Waals surface area contributed by atoms with Gasteiger partial charge in [0.25, 0.3) is 5.69 Å². The van der Waals surface area contributed by atoms with E-state index in [0.29, 0.717) is 6.42 Å². The maximum Gasteiger partial charge on any atom is 0.269 e. The number of hydrogen-bond donors (Lipinski definition) is 1. The third-order valence-electron chi connectivity index (χ3n) is 4.19. The average molecular weight is 296 g/mol. The lowest BCUT2D eigenvalue weighted by atomic mass is 9.83. The zero-order valence-corrected chi connectivity index (χ0v) is 12.4. The highest BCUT2D eigenvalue weighted by Gasteiger charge is 2.27. The Morgan fingerprint density at radius 1 is 1.18 bits per heavy atom. The maximum absolute atomic E-state index is 12.0. The first-order valence-electron chi connectivity index (χ1n) is 7.11. The van der Waals surface area contributed by atoms with Gasteiger partial charge in [0.2, 0.25) is 5.91 Å². The highest BCUT2D eigenvalue weighted by Crippen LogP contribution is 2.39. The minimum absolute atomic E-state index is 0.0499. The molecule has 112 valence electrons. The fourth-order valence-electron chi connectivity index (χ4n) is 2.88. The molecule has 0 fully saturated rings. The molecule has 0 aliphatic carbocycles. The number of hydrogen-bond acceptors (Lipinski definition) is 3. The third kappa shape index (κ3) is 2.45. The quantitative estimate of drug-likeness (QED) is 0.678. The molecule has 2 aromatic carbocycles. The van der Waals surface area contributed by atoms with Crippen LogP contribution >= 0.6 is 0 Å². The molecule has 0 saturated carbocycles. The monoisotopic (exact) mass is 296 g/mol. The molecule has 2 aromatic rings. The fourth-order valence-corrected chi connectivity index (χ4v) is 2.88. The van der Waals surface area contributed by atoms with Crippen LogP contribution in [-0.2, 0) is 4.79 Å². The minimum atomic E-state index is -0.409. The number of benzene rings is 2. The Labute approximate surface area is 128 Å². The van der Waals surface area contributed by atoms with Gasteiger partial charge in [-0.15, -0.1) is 0 Å². The molecular formula is C17H16N2O3. The lowest BCUT2D eigenvalue weighted by Crippen LogP contribution is -2.23. The molecule has 1 aliphatic heterocycles. The molecule has 5 heteroatoms. The fraction of sp³-hybridized carbons (Fsp3) is 0.235. The van der Waals surface area contributed by atoms with Gasteiger partial charge in [0.1, 0.15) is 0 Å². The van der Waals surface area contributed by atoms with Crippen molar-refractivity contribution in [1.29, 1.82) is 0 Å². The molecule has 5 nitrogen and oxygen atoms in total. The highest BCUT2D eigenvalue weighted by atomic mass is 16.6. The van der Waals surface area contributed by atoms with E-state index in [9.17, 15) is 14.9 Å². The summed E-state index contributed by atoms with van der Waals surface area (Å²) in [6.07, 6.45) is 0.302. The predicted octanol–water partition coefficient (Wildman–Crippen LogP) is 3.69. The van der Waals surface area contributed by atoms with E-state index >= 15 is 0 Å². The van der Waals surface area contributed by atoms with Crippen LogP contribution in [0.5, 0.6) is 0 Å². The summed E-state index contributed by atoms with van der Waals surface area (Å²) in [6.45, 7) is 4.02. The number of aryl methyl sites for hydroxylation is 2. The molecule has 1 N–H and O–H groups in total. The van der Waals surface area contributed by atoms with Crippen molar-refractivity contribution in [3.8, 4) is 0 Å². The molecule has 1 amide bonds. The lowest BCUT2D eigenvalue weighted by Gasteiger charge is -2.27. The van der Waals surface area contributed by atoms with Crippen LogP contribution in [0.3, 0.4) is 0 Å². The first-order valence-corrected chi connectivity index (χ1v) is 7.11. The number of rotatable bonds is 2. The van der Waals surface area contributed by atoms with Crippen molar-refractivity contribution in [2.75, 3.05) is 5.32 Å². The van der Waals surface area contributed by atoms with Crippen molar-refractivity contribution in [3.63, 3.8) is 0 Å². The number of nitro benzene ring substituents is 1. The van der Waals surface area contributed by atoms with Gasteiger partial charge >= 0.3 is 0 Å². The van der Waals surface area contributed by atoms with Crippen molar-refractivity contribution in [2.45, 2.75) is 26.2 Å². The third-order valence-corrected chi connectivity index (χ3v) is 4.19. The highest BCUT2D eigenvalue weighted by molar-refractivity contribution is 5.95. The summed E-state index contributed by atoms with van der Waals surface area (Å²) in [5, 5.41) is 13.9. The summed E-state index contributed by atoms with van der Waals surface area (Å²) < 4.78 is 0. The molecule has 0 spiro atoms. The van der Waals surface area contributed by atoms with E-state index < -0.39 is 4.92 Å². The first kappa shape index (κ1) is 14.3. The summed E-state index contributed by atoms with van der Waals surface area (Å²) in [4.78, 5) is 22.5.